The SMILES string of the molecule is CCCCCCCCCCCCCCOP(=O)(Cc1cc[n+](C)cc1)OCCC(C)CCCC(C)CCCC(C)CCCC(C)C. The van der Waals surface area contributed by atoms with E-state index in [0.29, 0.717) is 25.3 Å². The van der Waals surface area contributed by atoms with Crippen molar-refractivity contribution in [3.63, 3.8) is 0 Å². The molecule has 0 bridgehead atoms. The third-order valence-electron chi connectivity index (χ3n) is 9.87. The molecule has 5 heteroatoms. The van der Waals surface area contributed by atoms with E-state index in [-0.39, 0.29) is 0 Å². The fourth-order valence-electron chi connectivity index (χ4n) is 6.47. The molecule has 1 rings (SSSR count). The largest absolute Gasteiger partial charge is 0.335 e. The summed E-state index contributed by atoms with van der Waals surface area (Å²) < 4.78 is 28.0. The number of hydrogen-bond donors (Lipinski definition) is 0. The van der Waals surface area contributed by atoms with Crippen LogP contribution in [-0.2, 0) is 26.8 Å². The van der Waals surface area contributed by atoms with Gasteiger partial charge < -0.3 is 9.05 Å². The van der Waals surface area contributed by atoms with Crippen LogP contribution in [0.25, 0.3) is 0 Å². The number of aromatic nitrogens is 1. The monoisotopic (exact) mass is 665 g/mol. The Morgan fingerprint density at radius 1 is 0.565 bits per heavy atom. The average molecular weight is 665 g/mol. The van der Waals surface area contributed by atoms with Crippen LogP contribution in [-0.4, -0.2) is 13.2 Å². The maximum atomic E-state index is 13.8. The summed E-state index contributed by atoms with van der Waals surface area (Å²) in [6.07, 6.45) is 33.1. The van der Waals surface area contributed by atoms with E-state index in [9.17, 15) is 4.57 Å². The Kier molecular flexibility index (Phi) is 26.5. The van der Waals surface area contributed by atoms with Gasteiger partial charge >= 0.3 is 7.60 Å². The van der Waals surface area contributed by atoms with E-state index in [2.05, 4.69) is 41.5 Å². The number of aryl methyl sites for hydroxylation is 1. The average Bonchev–Trinajstić information content (AvgIpc) is 3.00. The molecule has 0 aliphatic rings. The lowest BCUT2D eigenvalue weighted by Crippen LogP contribution is -2.25. The van der Waals surface area contributed by atoms with Crippen LogP contribution in [0.1, 0.15) is 188 Å². The number of unbranched alkanes of at least 4 members (excludes halogenated alkanes) is 11. The summed E-state index contributed by atoms with van der Waals surface area (Å²) in [5.74, 6) is 3.10. The third kappa shape index (κ3) is 25.3. The second-order valence-electron chi connectivity index (χ2n) is 15.5. The standard InChI is InChI=1S/C41H79NO3P/c1-8-9-10-11-12-13-14-15-16-17-18-19-34-44-46(43,36-41-29-32-42(7)33-30-41)45-35-31-40(6)28-22-27-39(5)26-21-25-38(4)24-20-23-37(2)3/h29-30,32-33,37-40H,8-28,31,34-36H2,1-7H3/q+1. The molecule has 1 heterocycles. The van der Waals surface area contributed by atoms with Crippen molar-refractivity contribution >= 4 is 7.60 Å². The van der Waals surface area contributed by atoms with Crippen LogP contribution in [0, 0.1) is 23.7 Å². The van der Waals surface area contributed by atoms with E-state index < -0.39 is 7.60 Å². The van der Waals surface area contributed by atoms with Crippen LogP contribution in [0.2, 0.25) is 0 Å². The molecule has 0 fully saturated rings. The molecule has 0 radical (unpaired) electrons. The van der Waals surface area contributed by atoms with Gasteiger partial charge in [-0.15, -0.1) is 0 Å². The molecule has 1 aromatic rings. The Hall–Kier alpha value is -0.700. The van der Waals surface area contributed by atoms with E-state index in [4.69, 9.17) is 9.05 Å². The quantitative estimate of drug-likeness (QED) is 0.0437. The Bertz CT molecular complexity index is 858. The summed E-state index contributed by atoms with van der Waals surface area (Å²) in [4.78, 5) is 0. The van der Waals surface area contributed by atoms with Gasteiger partial charge in [-0.25, -0.2) is 4.57 Å². The predicted octanol–water partition coefficient (Wildman–Crippen LogP) is 13.4. The van der Waals surface area contributed by atoms with Gasteiger partial charge in [-0.1, -0.05) is 170 Å². The number of rotatable bonds is 32. The van der Waals surface area contributed by atoms with Crippen molar-refractivity contribution in [1.29, 1.82) is 0 Å². The van der Waals surface area contributed by atoms with Crippen LogP contribution in [0.5, 0.6) is 0 Å². The van der Waals surface area contributed by atoms with Gasteiger partial charge in [0.2, 0.25) is 0 Å². The molecule has 0 aliphatic carbocycles. The molecule has 0 N–H and O–H groups in total. The molecule has 0 aliphatic heterocycles. The molecule has 270 valence electrons. The Balaban J connectivity index is 2.28. The van der Waals surface area contributed by atoms with Crippen LogP contribution in [0.4, 0.5) is 0 Å². The zero-order valence-electron chi connectivity index (χ0n) is 31.9. The first-order valence-corrected chi connectivity index (χ1v) is 21.7. The molecule has 4 atom stereocenters. The normalized spacial score (nSPS) is 15.2. The molecule has 0 saturated carbocycles. The van der Waals surface area contributed by atoms with Gasteiger partial charge in [0.15, 0.2) is 12.4 Å². The van der Waals surface area contributed by atoms with Crippen molar-refractivity contribution in [2.75, 3.05) is 13.2 Å². The maximum absolute atomic E-state index is 13.8. The molecule has 46 heavy (non-hydrogen) atoms. The first-order chi connectivity index (χ1) is 22.1. The molecule has 0 saturated heterocycles. The van der Waals surface area contributed by atoms with Crippen LogP contribution in [0.3, 0.4) is 0 Å². The maximum Gasteiger partial charge on any atom is 0.335 e. The number of pyridine rings is 1. The zero-order chi connectivity index (χ0) is 33.9. The Morgan fingerprint density at radius 3 is 1.46 bits per heavy atom. The van der Waals surface area contributed by atoms with Gasteiger partial charge in [0.05, 0.1) is 19.4 Å². The van der Waals surface area contributed by atoms with Crippen molar-refractivity contribution in [1.82, 2.24) is 0 Å². The molecule has 0 amide bonds. The number of hydrogen-bond acceptors (Lipinski definition) is 3. The highest BCUT2D eigenvalue weighted by Gasteiger charge is 2.26. The lowest BCUT2D eigenvalue weighted by atomic mass is 9.91. The molecule has 0 aromatic carbocycles. The summed E-state index contributed by atoms with van der Waals surface area (Å²) in [6, 6.07) is 4.06. The van der Waals surface area contributed by atoms with Crippen molar-refractivity contribution < 1.29 is 18.2 Å². The lowest BCUT2D eigenvalue weighted by Gasteiger charge is -2.20. The number of nitrogens with zero attached hydrogens (tertiary/aromatic N) is 1. The molecule has 0 spiro atoms. The van der Waals surface area contributed by atoms with Crippen molar-refractivity contribution in [3.05, 3.63) is 30.1 Å². The van der Waals surface area contributed by atoms with Gasteiger partial charge in [-0.3, -0.25) is 4.57 Å². The first kappa shape index (κ1) is 43.3. The van der Waals surface area contributed by atoms with Crippen molar-refractivity contribution in [2.45, 2.75) is 189 Å². The zero-order valence-corrected chi connectivity index (χ0v) is 32.8. The second-order valence-corrected chi connectivity index (χ2v) is 17.5. The minimum Gasteiger partial charge on any atom is -0.308 e. The summed E-state index contributed by atoms with van der Waals surface area (Å²) in [6.45, 7) is 15.2. The van der Waals surface area contributed by atoms with Gasteiger partial charge in [0.25, 0.3) is 0 Å². The summed E-state index contributed by atoms with van der Waals surface area (Å²) in [5, 5.41) is 0. The highest BCUT2D eigenvalue weighted by molar-refractivity contribution is 7.53. The highest BCUT2D eigenvalue weighted by atomic mass is 31.2. The minimum atomic E-state index is -3.18. The molecular formula is C41H79NO3P+. The smallest absolute Gasteiger partial charge is 0.308 e. The van der Waals surface area contributed by atoms with E-state index in [1.165, 1.54) is 122 Å². The van der Waals surface area contributed by atoms with Crippen LogP contribution in [0.15, 0.2) is 24.5 Å². The van der Waals surface area contributed by atoms with Crippen molar-refractivity contribution in [3.8, 4) is 0 Å². The van der Waals surface area contributed by atoms with Gasteiger partial charge in [0, 0.05) is 12.1 Å². The summed E-state index contributed by atoms with van der Waals surface area (Å²) >= 11 is 0. The van der Waals surface area contributed by atoms with Crippen LogP contribution >= 0.6 is 7.60 Å². The lowest BCUT2D eigenvalue weighted by molar-refractivity contribution is -0.671. The molecule has 1 aromatic heterocycles. The van der Waals surface area contributed by atoms with E-state index >= 15 is 0 Å². The van der Waals surface area contributed by atoms with Crippen molar-refractivity contribution in [2.24, 2.45) is 30.7 Å². The van der Waals surface area contributed by atoms with Gasteiger partial charge in [0.1, 0.15) is 7.05 Å². The fourth-order valence-corrected chi connectivity index (χ4v) is 8.17. The highest BCUT2D eigenvalue weighted by Crippen LogP contribution is 2.51. The summed E-state index contributed by atoms with van der Waals surface area (Å²) in [5.41, 5.74) is 1.02. The van der Waals surface area contributed by atoms with Gasteiger partial charge in [-0.05, 0) is 42.1 Å². The topological polar surface area (TPSA) is 39.4 Å². The predicted molar refractivity (Wildman–Crippen MR) is 200 cm³/mol. The minimum absolute atomic E-state index is 0.355. The van der Waals surface area contributed by atoms with E-state index in [1.807, 2.05) is 36.1 Å². The Labute approximate surface area is 288 Å². The molecule has 4 unspecified atom stereocenters. The summed E-state index contributed by atoms with van der Waals surface area (Å²) in [7, 11) is -1.18. The van der Waals surface area contributed by atoms with Gasteiger partial charge in [-0.2, -0.15) is 0 Å². The Morgan fingerprint density at radius 2 is 0.978 bits per heavy atom. The third-order valence-corrected chi connectivity index (χ3v) is 11.8. The first-order valence-electron chi connectivity index (χ1n) is 20.0. The second kappa shape index (κ2) is 28.2. The van der Waals surface area contributed by atoms with E-state index in [0.717, 1.165) is 42.6 Å². The fraction of sp³-hybridized carbons (Fsp3) is 0.878. The molecule has 4 nitrogen and oxygen atoms in total. The molecular weight excluding hydrogens is 585 g/mol. The van der Waals surface area contributed by atoms with E-state index in [1.54, 1.807) is 0 Å². The van der Waals surface area contributed by atoms with Crippen LogP contribution < -0.4 is 4.57 Å².